The van der Waals surface area contributed by atoms with E-state index in [2.05, 4.69) is 4.72 Å². The average Bonchev–Trinajstić information content (AvgIpc) is 2.54. The monoisotopic (exact) mass is 360 g/mol. The van der Waals surface area contributed by atoms with Crippen LogP contribution in [-0.4, -0.2) is 13.3 Å². The van der Waals surface area contributed by atoms with Gasteiger partial charge >= 0.3 is 5.63 Å². The molecule has 128 valence electrons. The lowest BCUT2D eigenvalue weighted by Gasteiger charge is -2.10. The third-order valence-corrected chi connectivity index (χ3v) is 5.07. The summed E-state index contributed by atoms with van der Waals surface area (Å²) in [5.74, 6) is 0. The molecule has 0 saturated carbocycles. The maximum Gasteiger partial charge on any atom is 0.336 e. The Bertz CT molecular complexity index is 1150. The molecule has 0 atom stereocenters. The molecule has 0 saturated heterocycles. The molecule has 0 unspecified atom stereocenters. The number of rotatable bonds is 4. The van der Waals surface area contributed by atoms with E-state index in [9.17, 15) is 23.3 Å². The molecule has 1 heterocycles. The highest BCUT2D eigenvalue weighted by atomic mass is 32.2. The number of nitrogens with one attached hydrogen (secondary N) is 1. The zero-order valence-corrected chi connectivity index (χ0v) is 13.7. The van der Waals surface area contributed by atoms with Crippen LogP contribution in [0.4, 0.5) is 11.4 Å². The highest BCUT2D eigenvalue weighted by Crippen LogP contribution is 2.25. The van der Waals surface area contributed by atoms with E-state index in [4.69, 9.17) is 4.42 Å². The van der Waals surface area contributed by atoms with Crippen molar-refractivity contribution in [1.29, 1.82) is 0 Å². The fourth-order valence-corrected chi connectivity index (χ4v) is 3.65. The average molecular weight is 360 g/mol. The first kappa shape index (κ1) is 16.7. The molecule has 0 aliphatic carbocycles. The van der Waals surface area contributed by atoms with Gasteiger partial charge < -0.3 is 4.42 Å². The van der Waals surface area contributed by atoms with Gasteiger partial charge in [-0.15, -0.1) is 0 Å². The van der Waals surface area contributed by atoms with Crippen LogP contribution in [0.25, 0.3) is 11.0 Å². The maximum absolute atomic E-state index is 12.6. The molecule has 1 aromatic heterocycles. The summed E-state index contributed by atoms with van der Waals surface area (Å²) in [6, 6.07) is 10.8. The van der Waals surface area contributed by atoms with Crippen molar-refractivity contribution in [3.05, 3.63) is 74.6 Å². The van der Waals surface area contributed by atoms with E-state index in [-0.39, 0.29) is 16.3 Å². The number of aryl methyl sites for hydroxylation is 1. The molecule has 8 nitrogen and oxygen atoms in total. The van der Waals surface area contributed by atoms with Gasteiger partial charge in [-0.3, -0.25) is 14.8 Å². The third kappa shape index (κ3) is 3.36. The Hall–Kier alpha value is -3.20. The first-order chi connectivity index (χ1) is 11.8. The number of non-ortho nitro benzene ring substituents is 1. The van der Waals surface area contributed by atoms with Crippen LogP contribution >= 0.6 is 0 Å². The van der Waals surface area contributed by atoms with Gasteiger partial charge in [0.2, 0.25) is 0 Å². The van der Waals surface area contributed by atoms with Gasteiger partial charge in [0, 0.05) is 29.3 Å². The number of hydrogen-bond donors (Lipinski definition) is 1. The van der Waals surface area contributed by atoms with E-state index in [0.29, 0.717) is 16.5 Å². The predicted molar refractivity (Wildman–Crippen MR) is 91.1 cm³/mol. The molecule has 2 aromatic carbocycles. The minimum absolute atomic E-state index is 0.179. The molecular formula is C16H12N2O6S. The van der Waals surface area contributed by atoms with Crippen molar-refractivity contribution in [2.75, 3.05) is 4.72 Å². The van der Waals surface area contributed by atoms with E-state index >= 15 is 0 Å². The second kappa shape index (κ2) is 6.02. The van der Waals surface area contributed by atoms with Gasteiger partial charge in [0.05, 0.1) is 9.82 Å². The molecule has 0 fully saturated rings. The lowest BCUT2D eigenvalue weighted by atomic mass is 10.2. The van der Waals surface area contributed by atoms with Crippen LogP contribution in [0.1, 0.15) is 5.56 Å². The Balaban J connectivity index is 2.02. The lowest BCUT2D eigenvalue weighted by molar-refractivity contribution is -0.385. The van der Waals surface area contributed by atoms with Gasteiger partial charge in [0.1, 0.15) is 5.58 Å². The Kier molecular flexibility index (Phi) is 4.01. The summed E-state index contributed by atoms with van der Waals surface area (Å²) in [7, 11) is -4.02. The SMILES string of the molecule is Cc1ccc([N+](=O)[O-])cc1S(=O)(=O)Nc1ccc2oc(=O)ccc2c1. The topological polar surface area (TPSA) is 120 Å². The normalized spacial score (nSPS) is 11.4. The minimum Gasteiger partial charge on any atom is -0.423 e. The summed E-state index contributed by atoms with van der Waals surface area (Å²) in [5.41, 5.74) is 0.124. The minimum atomic E-state index is -4.02. The fourth-order valence-electron chi connectivity index (χ4n) is 2.34. The zero-order chi connectivity index (χ0) is 18.2. The van der Waals surface area contributed by atoms with Gasteiger partial charge in [-0.05, 0) is 36.8 Å². The van der Waals surface area contributed by atoms with Crippen LogP contribution in [0.2, 0.25) is 0 Å². The molecule has 0 aliphatic heterocycles. The summed E-state index contributed by atoms with van der Waals surface area (Å²) < 4.78 is 32.5. The highest BCUT2D eigenvalue weighted by molar-refractivity contribution is 7.92. The van der Waals surface area contributed by atoms with E-state index in [1.165, 1.54) is 42.5 Å². The number of nitro benzene ring substituents is 1. The Morgan fingerprint density at radius 1 is 1.08 bits per heavy atom. The molecule has 0 amide bonds. The fraction of sp³-hybridized carbons (Fsp3) is 0.0625. The van der Waals surface area contributed by atoms with Gasteiger partial charge in [0.15, 0.2) is 0 Å². The van der Waals surface area contributed by atoms with Crippen LogP contribution in [0.3, 0.4) is 0 Å². The Morgan fingerprint density at radius 3 is 2.56 bits per heavy atom. The highest BCUT2D eigenvalue weighted by Gasteiger charge is 2.20. The summed E-state index contributed by atoms with van der Waals surface area (Å²) in [6.07, 6.45) is 0. The number of sulfonamides is 1. The van der Waals surface area contributed by atoms with Gasteiger partial charge in [-0.25, -0.2) is 13.2 Å². The second-order valence-electron chi connectivity index (χ2n) is 5.32. The van der Waals surface area contributed by atoms with Crippen LogP contribution in [0.15, 0.2) is 62.6 Å². The second-order valence-corrected chi connectivity index (χ2v) is 6.97. The third-order valence-electron chi connectivity index (χ3n) is 3.54. The van der Waals surface area contributed by atoms with Crippen molar-refractivity contribution >= 4 is 32.4 Å². The van der Waals surface area contributed by atoms with Crippen LogP contribution in [-0.2, 0) is 10.0 Å². The largest absolute Gasteiger partial charge is 0.423 e. The van der Waals surface area contributed by atoms with Crippen molar-refractivity contribution in [2.45, 2.75) is 11.8 Å². The molecule has 9 heteroatoms. The number of nitro groups is 1. The van der Waals surface area contributed by atoms with Crippen molar-refractivity contribution in [3.63, 3.8) is 0 Å². The lowest BCUT2D eigenvalue weighted by Crippen LogP contribution is -2.14. The van der Waals surface area contributed by atoms with Crippen molar-refractivity contribution < 1.29 is 17.8 Å². The Labute approximate surface area is 141 Å². The molecule has 0 spiro atoms. The summed E-state index contributed by atoms with van der Waals surface area (Å²) in [6.45, 7) is 1.55. The van der Waals surface area contributed by atoms with Crippen LogP contribution in [0, 0.1) is 17.0 Å². The van der Waals surface area contributed by atoms with Crippen molar-refractivity contribution in [3.8, 4) is 0 Å². The summed E-state index contributed by atoms with van der Waals surface area (Å²) >= 11 is 0. The molecular weight excluding hydrogens is 348 g/mol. The standard InChI is InChI=1S/C16H12N2O6S/c1-10-2-5-13(18(20)21)9-15(10)25(22,23)17-12-4-6-14-11(8-12)3-7-16(19)24-14/h2-9,17H,1H3. The zero-order valence-electron chi connectivity index (χ0n) is 12.9. The van der Waals surface area contributed by atoms with E-state index < -0.39 is 20.6 Å². The quantitative estimate of drug-likeness (QED) is 0.434. The van der Waals surface area contributed by atoms with Crippen molar-refractivity contribution in [2.24, 2.45) is 0 Å². The molecule has 1 N–H and O–H groups in total. The van der Waals surface area contributed by atoms with Crippen LogP contribution in [0.5, 0.6) is 0 Å². The van der Waals surface area contributed by atoms with Crippen molar-refractivity contribution in [1.82, 2.24) is 0 Å². The molecule has 25 heavy (non-hydrogen) atoms. The number of fused-ring (bicyclic) bond motifs is 1. The summed E-state index contributed by atoms with van der Waals surface area (Å²) in [5, 5.41) is 11.4. The Morgan fingerprint density at radius 2 is 1.84 bits per heavy atom. The van der Waals surface area contributed by atoms with Crippen LogP contribution < -0.4 is 10.3 Å². The number of anilines is 1. The van der Waals surface area contributed by atoms with E-state index in [1.807, 2.05) is 0 Å². The smallest absolute Gasteiger partial charge is 0.336 e. The summed E-state index contributed by atoms with van der Waals surface area (Å²) in [4.78, 5) is 21.2. The first-order valence-corrected chi connectivity index (χ1v) is 8.56. The van der Waals surface area contributed by atoms with Gasteiger partial charge in [-0.1, -0.05) is 6.07 Å². The number of hydrogen-bond acceptors (Lipinski definition) is 6. The number of nitrogens with zero attached hydrogens (tertiary/aromatic N) is 1. The maximum atomic E-state index is 12.6. The van der Waals surface area contributed by atoms with E-state index in [0.717, 1.165) is 6.07 Å². The molecule has 0 aliphatic rings. The van der Waals surface area contributed by atoms with Gasteiger partial charge in [-0.2, -0.15) is 0 Å². The first-order valence-electron chi connectivity index (χ1n) is 7.08. The molecule has 3 rings (SSSR count). The van der Waals surface area contributed by atoms with E-state index in [1.54, 1.807) is 6.92 Å². The van der Waals surface area contributed by atoms with Gasteiger partial charge in [0.25, 0.3) is 15.7 Å². The predicted octanol–water partition coefficient (Wildman–Crippen LogP) is 2.81. The number of benzene rings is 2. The molecule has 3 aromatic rings. The molecule has 0 bridgehead atoms. The molecule has 0 radical (unpaired) electrons.